The number of halogens is 5. The first-order valence-corrected chi connectivity index (χ1v) is 5.17. The zero-order valence-electron chi connectivity index (χ0n) is 9.30. The fourth-order valence-electron chi connectivity index (χ4n) is 1.61. The maximum absolute atomic E-state index is 13.0. The largest absolute Gasteiger partial charge is 0.384 e. The molecule has 0 heterocycles. The second kappa shape index (κ2) is 4.97. The van der Waals surface area contributed by atoms with Crippen molar-refractivity contribution in [1.29, 1.82) is 0 Å². The quantitative estimate of drug-likeness (QED) is 0.656. The molecule has 0 saturated heterocycles. The standard InChI is InChI=1S/C13H7F5O/c14-8-2-1-6(3-9(8)15)13(19)7-4-10(16)12(18)11(17)5-7/h1-5,13,19H. The van der Waals surface area contributed by atoms with E-state index in [9.17, 15) is 27.1 Å². The van der Waals surface area contributed by atoms with Crippen LogP contribution < -0.4 is 0 Å². The van der Waals surface area contributed by atoms with Crippen molar-refractivity contribution in [2.45, 2.75) is 6.10 Å². The van der Waals surface area contributed by atoms with E-state index >= 15 is 0 Å². The van der Waals surface area contributed by atoms with E-state index in [1.165, 1.54) is 0 Å². The monoisotopic (exact) mass is 274 g/mol. The Morgan fingerprint density at radius 2 is 1.21 bits per heavy atom. The van der Waals surface area contributed by atoms with E-state index < -0.39 is 35.2 Å². The Morgan fingerprint density at radius 3 is 1.74 bits per heavy atom. The Balaban J connectivity index is 2.43. The van der Waals surface area contributed by atoms with E-state index in [0.717, 1.165) is 12.1 Å². The minimum absolute atomic E-state index is 0.107. The first-order chi connectivity index (χ1) is 8.90. The van der Waals surface area contributed by atoms with Gasteiger partial charge < -0.3 is 5.11 Å². The van der Waals surface area contributed by atoms with Crippen LogP contribution in [0.1, 0.15) is 17.2 Å². The highest BCUT2D eigenvalue weighted by molar-refractivity contribution is 5.31. The Kier molecular flexibility index (Phi) is 3.53. The molecule has 0 bridgehead atoms. The van der Waals surface area contributed by atoms with Crippen LogP contribution in [-0.2, 0) is 0 Å². The Hall–Kier alpha value is -1.95. The van der Waals surface area contributed by atoms with Crippen molar-refractivity contribution in [3.63, 3.8) is 0 Å². The number of hydrogen-bond donors (Lipinski definition) is 1. The fraction of sp³-hybridized carbons (Fsp3) is 0.0769. The van der Waals surface area contributed by atoms with E-state index in [1.54, 1.807) is 0 Å². The Labute approximate surface area is 104 Å². The maximum atomic E-state index is 13.0. The van der Waals surface area contributed by atoms with Crippen molar-refractivity contribution >= 4 is 0 Å². The Bertz CT molecular complexity index is 603. The molecule has 0 aliphatic heterocycles. The van der Waals surface area contributed by atoms with Gasteiger partial charge in [0, 0.05) is 0 Å². The zero-order chi connectivity index (χ0) is 14.2. The average Bonchev–Trinajstić information content (AvgIpc) is 2.37. The summed E-state index contributed by atoms with van der Waals surface area (Å²) in [6.45, 7) is 0. The van der Waals surface area contributed by atoms with Crippen molar-refractivity contribution in [2.75, 3.05) is 0 Å². The lowest BCUT2D eigenvalue weighted by Crippen LogP contribution is -2.04. The number of benzene rings is 2. The van der Waals surface area contributed by atoms with Crippen LogP contribution in [0.15, 0.2) is 30.3 Å². The summed E-state index contributed by atoms with van der Waals surface area (Å²) in [5, 5.41) is 9.80. The highest BCUT2D eigenvalue weighted by Gasteiger charge is 2.18. The summed E-state index contributed by atoms with van der Waals surface area (Å²) in [5.74, 6) is -6.94. The molecule has 0 amide bonds. The molecule has 6 heteroatoms. The minimum atomic E-state index is -1.67. The lowest BCUT2D eigenvalue weighted by molar-refractivity contribution is 0.218. The molecule has 1 N–H and O–H groups in total. The summed E-state index contributed by atoms with van der Waals surface area (Å²) in [6, 6.07) is 3.69. The smallest absolute Gasteiger partial charge is 0.194 e. The first kappa shape index (κ1) is 13.5. The molecule has 1 nitrogen and oxygen atoms in total. The molecule has 100 valence electrons. The number of rotatable bonds is 2. The van der Waals surface area contributed by atoms with Gasteiger partial charge in [-0.05, 0) is 35.4 Å². The Morgan fingerprint density at radius 1 is 0.684 bits per heavy atom. The van der Waals surface area contributed by atoms with Crippen molar-refractivity contribution in [2.24, 2.45) is 0 Å². The highest BCUT2D eigenvalue weighted by atomic mass is 19.2. The van der Waals surface area contributed by atoms with Crippen LogP contribution in [0.25, 0.3) is 0 Å². The van der Waals surface area contributed by atoms with Crippen molar-refractivity contribution in [3.05, 3.63) is 70.5 Å². The topological polar surface area (TPSA) is 20.2 Å². The fourth-order valence-corrected chi connectivity index (χ4v) is 1.61. The van der Waals surface area contributed by atoms with Gasteiger partial charge in [-0.2, -0.15) is 0 Å². The van der Waals surface area contributed by atoms with Gasteiger partial charge >= 0.3 is 0 Å². The predicted molar refractivity (Wildman–Crippen MR) is 56.7 cm³/mol. The third kappa shape index (κ3) is 2.58. The maximum Gasteiger partial charge on any atom is 0.194 e. The van der Waals surface area contributed by atoms with Crippen LogP contribution in [0.5, 0.6) is 0 Å². The molecule has 1 atom stereocenters. The van der Waals surface area contributed by atoms with Crippen molar-refractivity contribution in [1.82, 2.24) is 0 Å². The van der Waals surface area contributed by atoms with Crippen molar-refractivity contribution < 1.29 is 27.1 Å². The number of hydrogen-bond acceptors (Lipinski definition) is 1. The van der Waals surface area contributed by atoms with Gasteiger partial charge in [0.15, 0.2) is 29.1 Å². The van der Waals surface area contributed by atoms with E-state index in [-0.39, 0.29) is 11.1 Å². The first-order valence-electron chi connectivity index (χ1n) is 5.17. The molecular weight excluding hydrogens is 267 g/mol. The molecule has 0 aliphatic rings. The predicted octanol–water partition coefficient (Wildman–Crippen LogP) is 3.46. The van der Waals surface area contributed by atoms with E-state index in [4.69, 9.17) is 0 Å². The summed E-state index contributed by atoms with van der Waals surface area (Å²) in [7, 11) is 0. The molecule has 2 rings (SSSR count). The van der Waals surface area contributed by atoms with Gasteiger partial charge in [-0.25, -0.2) is 22.0 Å². The highest BCUT2D eigenvalue weighted by Crippen LogP contribution is 2.26. The number of aliphatic hydroxyl groups is 1. The molecule has 0 fully saturated rings. The summed E-state index contributed by atoms with van der Waals surface area (Å²) >= 11 is 0. The van der Waals surface area contributed by atoms with E-state index in [1.807, 2.05) is 0 Å². The van der Waals surface area contributed by atoms with Crippen LogP contribution >= 0.6 is 0 Å². The average molecular weight is 274 g/mol. The van der Waals surface area contributed by atoms with Crippen LogP contribution in [0.2, 0.25) is 0 Å². The van der Waals surface area contributed by atoms with Crippen LogP contribution in [0, 0.1) is 29.1 Å². The molecular formula is C13H7F5O. The molecule has 0 spiro atoms. The van der Waals surface area contributed by atoms with Crippen LogP contribution in [0.3, 0.4) is 0 Å². The number of aliphatic hydroxyl groups excluding tert-OH is 1. The molecule has 0 aliphatic carbocycles. The molecule has 2 aromatic carbocycles. The summed E-state index contributed by atoms with van der Waals surface area (Å²) in [6.07, 6.45) is -1.60. The third-order valence-electron chi connectivity index (χ3n) is 2.58. The molecule has 1 unspecified atom stereocenters. The lowest BCUT2D eigenvalue weighted by Gasteiger charge is -2.12. The van der Waals surface area contributed by atoms with Gasteiger partial charge in [-0.3, -0.25) is 0 Å². The zero-order valence-corrected chi connectivity index (χ0v) is 9.30. The molecule has 0 radical (unpaired) electrons. The van der Waals surface area contributed by atoms with Crippen LogP contribution in [0.4, 0.5) is 22.0 Å². The van der Waals surface area contributed by atoms with Crippen LogP contribution in [-0.4, -0.2) is 5.11 Å². The van der Waals surface area contributed by atoms with E-state index in [2.05, 4.69) is 0 Å². The normalized spacial score (nSPS) is 12.5. The SMILES string of the molecule is OC(c1ccc(F)c(F)c1)c1cc(F)c(F)c(F)c1. The third-order valence-corrected chi connectivity index (χ3v) is 2.58. The van der Waals surface area contributed by atoms with Gasteiger partial charge in [-0.15, -0.1) is 0 Å². The van der Waals surface area contributed by atoms with E-state index in [0.29, 0.717) is 18.2 Å². The summed E-state index contributed by atoms with van der Waals surface area (Å²) < 4.78 is 64.5. The van der Waals surface area contributed by atoms with Gasteiger partial charge in [0.1, 0.15) is 6.10 Å². The van der Waals surface area contributed by atoms with Gasteiger partial charge in [0.25, 0.3) is 0 Å². The van der Waals surface area contributed by atoms with Gasteiger partial charge in [0.2, 0.25) is 0 Å². The molecule has 19 heavy (non-hydrogen) atoms. The van der Waals surface area contributed by atoms with Gasteiger partial charge in [0.05, 0.1) is 0 Å². The molecule has 0 saturated carbocycles. The molecule has 0 aromatic heterocycles. The summed E-state index contributed by atoms with van der Waals surface area (Å²) in [4.78, 5) is 0. The summed E-state index contributed by atoms with van der Waals surface area (Å²) in [5.41, 5.74) is -0.410. The lowest BCUT2D eigenvalue weighted by atomic mass is 10.0. The minimum Gasteiger partial charge on any atom is -0.384 e. The molecule has 2 aromatic rings. The van der Waals surface area contributed by atoms with Gasteiger partial charge in [-0.1, -0.05) is 6.07 Å². The van der Waals surface area contributed by atoms with Crippen molar-refractivity contribution in [3.8, 4) is 0 Å². The second-order valence-corrected chi connectivity index (χ2v) is 3.87. The second-order valence-electron chi connectivity index (χ2n) is 3.87.